The Labute approximate surface area is 129 Å². The van der Waals surface area contributed by atoms with E-state index in [4.69, 9.17) is 5.11 Å². The fraction of sp³-hybridized carbons (Fsp3) is 0.167. The molecule has 112 valence electrons. The first-order chi connectivity index (χ1) is 9.72. The number of nitrogens with zero attached hydrogens (tertiary/aromatic N) is 1. The number of H-pyrrole nitrogens is 1. The molecule has 0 aromatic carbocycles. The Kier molecular flexibility index (Phi) is 4.06. The van der Waals surface area contributed by atoms with Gasteiger partial charge in [-0.05, 0) is 41.9 Å². The van der Waals surface area contributed by atoms with Crippen LogP contribution in [0, 0.1) is 13.8 Å². The van der Waals surface area contributed by atoms with E-state index in [2.05, 4.69) is 30.6 Å². The van der Waals surface area contributed by atoms with Gasteiger partial charge in [0.25, 0.3) is 10.0 Å². The van der Waals surface area contributed by atoms with E-state index >= 15 is 0 Å². The average molecular weight is 374 g/mol. The lowest BCUT2D eigenvalue weighted by Crippen LogP contribution is -2.15. The highest BCUT2D eigenvalue weighted by Crippen LogP contribution is 2.25. The molecule has 0 aliphatic heterocycles. The fourth-order valence-corrected chi connectivity index (χ4v) is 3.67. The molecular weight excluding hydrogens is 362 g/mol. The summed E-state index contributed by atoms with van der Waals surface area (Å²) in [5.41, 5.74) is 0.274. The van der Waals surface area contributed by atoms with Crippen molar-refractivity contribution in [3.63, 3.8) is 0 Å². The molecule has 7 nitrogen and oxygen atoms in total. The van der Waals surface area contributed by atoms with E-state index in [0.29, 0.717) is 4.47 Å². The number of aromatic carboxylic acids is 1. The third-order valence-corrected chi connectivity index (χ3v) is 4.91. The van der Waals surface area contributed by atoms with Crippen molar-refractivity contribution in [2.45, 2.75) is 18.7 Å². The van der Waals surface area contributed by atoms with Gasteiger partial charge in [0.2, 0.25) is 0 Å². The standard InChI is InChI=1S/C12H12BrN3O4S/c1-6-10(12(17)18)15-7(2)11(6)21(19,20)16-9-4-3-8(13)5-14-9/h3-5,15H,1-2H3,(H,14,16)(H,17,18). The smallest absolute Gasteiger partial charge is 0.352 e. The summed E-state index contributed by atoms with van der Waals surface area (Å²) in [6.45, 7) is 2.94. The molecule has 0 saturated heterocycles. The third kappa shape index (κ3) is 3.08. The molecule has 0 amide bonds. The minimum absolute atomic E-state index is 0.0791. The van der Waals surface area contributed by atoms with E-state index in [-0.39, 0.29) is 27.7 Å². The molecule has 3 N–H and O–H groups in total. The molecule has 0 unspecified atom stereocenters. The zero-order valence-corrected chi connectivity index (χ0v) is 13.5. The maximum absolute atomic E-state index is 12.4. The number of aromatic amines is 1. The molecule has 0 aliphatic rings. The molecule has 2 aromatic rings. The predicted molar refractivity (Wildman–Crippen MR) is 80.0 cm³/mol. The lowest BCUT2D eigenvalue weighted by molar-refractivity contribution is 0.0690. The molecule has 9 heteroatoms. The molecule has 0 fully saturated rings. The highest BCUT2D eigenvalue weighted by Gasteiger charge is 2.26. The quantitative estimate of drug-likeness (QED) is 0.760. The summed E-state index contributed by atoms with van der Waals surface area (Å²) in [6.07, 6.45) is 1.46. The lowest BCUT2D eigenvalue weighted by Gasteiger charge is -2.08. The number of rotatable bonds is 4. The number of carboxylic acids is 1. The van der Waals surface area contributed by atoms with Gasteiger partial charge in [-0.15, -0.1) is 0 Å². The summed E-state index contributed by atoms with van der Waals surface area (Å²) in [5.74, 6) is -1.06. The minimum atomic E-state index is -3.92. The largest absolute Gasteiger partial charge is 0.477 e. The number of pyridine rings is 1. The van der Waals surface area contributed by atoms with E-state index < -0.39 is 16.0 Å². The highest BCUT2D eigenvalue weighted by atomic mass is 79.9. The Hall–Kier alpha value is -1.87. The zero-order valence-electron chi connectivity index (χ0n) is 11.1. The average Bonchev–Trinajstić information content (AvgIpc) is 2.68. The maximum atomic E-state index is 12.4. The fourth-order valence-electron chi connectivity index (χ4n) is 1.97. The monoisotopic (exact) mass is 373 g/mol. The van der Waals surface area contributed by atoms with Crippen molar-refractivity contribution in [2.75, 3.05) is 4.72 Å². The molecule has 0 bridgehead atoms. The van der Waals surface area contributed by atoms with Gasteiger partial charge in [0.05, 0.1) is 0 Å². The van der Waals surface area contributed by atoms with Crippen LogP contribution in [0.3, 0.4) is 0 Å². The summed E-state index contributed by atoms with van der Waals surface area (Å²) >= 11 is 3.20. The second kappa shape index (κ2) is 5.49. The maximum Gasteiger partial charge on any atom is 0.352 e. The van der Waals surface area contributed by atoms with Crippen LogP contribution >= 0.6 is 15.9 Å². The van der Waals surface area contributed by atoms with Crippen molar-refractivity contribution < 1.29 is 18.3 Å². The predicted octanol–water partition coefficient (Wildman–Crippen LogP) is 2.29. The van der Waals surface area contributed by atoms with Crippen LogP contribution in [0.5, 0.6) is 0 Å². The number of hydrogen-bond acceptors (Lipinski definition) is 4. The number of sulfonamides is 1. The first-order valence-electron chi connectivity index (χ1n) is 5.79. The Morgan fingerprint density at radius 3 is 2.52 bits per heavy atom. The summed E-state index contributed by atoms with van der Waals surface area (Å²) < 4.78 is 27.8. The summed E-state index contributed by atoms with van der Waals surface area (Å²) in [5, 5.41) is 9.03. The van der Waals surface area contributed by atoms with Gasteiger partial charge < -0.3 is 10.1 Å². The van der Waals surface area contributed by atoms with Crippen molar-refractivity contribution in [2.24, 2.45) is 0 Å². The Balaban J connectivity index is 2.45. The molecule has 0 radical (unpaired) electrons. The third-order valence-electron chi connectivity index (χ3n) is 2.82. The van der Waals surface area contributed by atoms with Crippen molar-refractivity contribution >= 4 is 37.7 Å². The van der Waals surface area contributed by atoms with Gasteiger partial charge in [-0.3, -0.25) is 4.72 Å². The Morgan fingerprint density at radius 1 is 1.38 bits per heavy atom. The first kappa shape index (κ1) is 15.5. The molecule has 21 heavy (non-hydrogen) atoms. The summed E-state index contributed by atoms with van der Waals surface area (Å²) in [4.78, 5) is 17.5. The minimum Gasteiger partial charge on any atom is -0.477 e. The van der Waals surface area contributed by atoms with Crippen LogP contribution in [-0.2, 0) is 10.0 Å². The van der Waals surface area contributed by atoms with Gasteiger partial charge in [-0.25, -0.2) is 18.2 Å². The zero-order chi connectivity index (χ0) is 15.8. The number of halogens is 1. The summed E-state index contributed by atoms with van der Waals surface area (Å²) in [7, 11) is -3.92. The first-order valence-corrected chi connectivity index (χ1v) is 8.07. The van der Waals surface area contributed by atoms with Crippen molar-refractivity contribution in [1.82, 2.24) is 9.97 Å². The number of hydrogen-bond donors (Lipinski definition) is 3. The van der Waals surface area contributed by atoms with Crippen molar-refractivity contribution in [3.05, 3.63) is 39.8 Å². The van der Waals surface area contributed by atoms with Gasteiger partial charge in [0, 0.05) is 21.9 Å². The van der Waals surface area contributed by atoms with E-state index in [9.17, 15) is 13.2 Å². The Morgan fingerprint density at radius 2 is 2.05 bits per heavy atom. The van der Waals surface area contributed by atoms with Crippen LogP contribution in [0.4, 0.5) is 5.82 Å². The topological polar surface area (TPSA) is 112 Å². The van der Waals surface area contributed by atoms with E-state index in [1.165, 1.54) is 26.1 Å². The van der Waals surface area contributed by atoms with Crippen LogP contribution < -0.4 is 4.72 Å². The van der Waals surface area contributed by atoms with Crippen molar-refractivity contribution in [1.29, 1.82) is 0 Å². The Bertz CT molecular complexity index is 797. The lowest BCUT2D eigenvalue weighted by atomic mass is 10.2. The SMILES string of the molecule is Cc1[nH]c(C(=O)O)c(C)c1S(=O)(=O)Nc1ccc(Br)cn1. The van der Waals surface area contributed by atoms with Crippen LogP contribution in [-0.4, -0.2) is 29.5 Å². The van der Waals surface area contributed by atoms with Gasteiger partial charge >= 0.3 is 5.97 Å². The molecule has 0 spiro atoms. The second-order valence-electron chi connectivity index (χ2n) is 4.35. The number of carbonyl (C=O) groups is 1. The van der Waals surface area contributed by atoms with Crippen LogP contribution in [0.1, 0.15) is 21.7 Å². The molecule has 2 rings (SSSR count). The number of anilines is 1. The number of nitrogens with one attached hydrogen (secondary N) is 2. The molecule has 0 aliphatic carbocycles. The summed E-state index contributed by atoms with van der Waals surface area (Å²) in [6, 6.07) is 3.14. The number of aryl methyl sites for hydroxylation is 1. The van der Waals surface area contributed by atoms with Gasteiger partial charge in [0.1, 0.15) is 16.4 Å². The van der Waals surface area contributed by atoms with E-state index in [1.807, 2.05) is 0 Å². The van der Waals surface area contributed by atoms with Crippen LogP contribution in [0.2, 0.25) is 0 Å². The normalized spacial score (nSPS) is 11.4. The van der Waals surface area contributed by atoms with Gasteiger partial charge in [0.15, 0.2) is 0 Å². The molecule has 2 heterocycles. The molecule has 2 aromatic heterocycles. The van der Waals surface area contributed by atoms with Gasteiger partial charge in [-0.1, -0.05) is 0 Å². The van der Waals surface area contributed by atoms with Crippen LogP contribution in [0.25, 0.3) is 0 Å². The van der Waals surface area contributed by atoms with E-state index in [0.717, 1.165) is 0 Å². The molecular formula is C12H12BrN3O4S. The highest BCUT2D eigenvalue weighted by molar-refractivity contribution is 9.10. The number of carboxylic acid groups (broad SMARTS) is 1. The van der Waals surface area contributed by atoms with Crippen LogP contribution in [0.15, 0.2) is 27.7 Å². The second-order valence-corrected chi connectivity index (χ2v) is 6.89. The van der Waals surface area contributed by atoms with Gasteiger partial charge in [-0.2, -0.15) is 0 Å². The molecule has 0 atom stereocenters. The van der Waals surface area contributed by atoms with Crippen molar-refractivity contribution in [3.8, 4) is 0 Å². The molecule has 0 saturated carbocycles. The number of aromatic nitrogens is 2. The van der Waals surface area contributed by atoms with E-state index in [1.54, 1.807) is 6.07 Å².